The minimum Gasteiger partial charge on any atom is -0.369 e. The first-order valence-corrected chi connectivity index (χ1v) is 10.2. The molecule has 6 heteroatoms. The predicted molar refractivity (Wildman–Crippen MR) is 113 cm³/mol. The van der Waals surface area contributed by atoms with Gasteiger partial charge in [-0.3, -0.25) is 4.79 Å². The Kier molecular flexibility index (Phi) is 6.65. The largest absolute Gasteiger partial charge is 0.369 e. The lowest BCUT2D eigenvalue weighted by molar-refractivity contribution is 0.985. The van der Waals surface area contributed by atoms with Crippen LogP contribution in [0.15, 0.2) is 53.5 Å². The van der Waals surface area contributed by atoms with Crippen LogP contribution < -0.4 is 10.9 Å². The smallest absolute Gasteiger partial charge is 0.251 e. The number of hydrogen-bond acceptors (Lipinski definition) is 5. The fraction of sp³-hybridized carbons (Fsp3) is 0.286. The van der Waals surface area contributed by atoms with Crippen molar-refractivity contribution in [3.8, 4) is 11.4 Å². The molecule has 0 radical (unpaired) electrons. The Morgan fingerprint density at radius 1 is 1.15 bits per heavy atom. The van der Waals surface area contributed by atoms with Crippen molar-refractivity contribution in [3.63, 3.8) is 0 Å². The highest BCUT2D eigenvalue weighted by molar-refractivity contribution is 7.98. The van der Waals surface area contributed by atoms with E-state index < -0.39 is 0 Å². The molecule has 0 spiro atoms. The molecule has 0 bridgehead atoms. The fourth-order valence-electron chi connectivity index (χ4n) is 2.59. The van der Waals surface area contributed by atoms with E-state index in [0.717, 1.165) is 41.5 Å². The molecule has 5 nitrogen and oxygen atoms in total. The molecule has 0 amide bonds. The van der Waals surface area contributed by atoms with Crippen LogP contribution in [-0.4, -0.2) is 27.2 Å². The second kappa shape index (κ2) is 9.37. The van der Waals surface area contributed by atoms with Crippen LogP contribution >= 0.6 is 11.8 Å². The van der Waals surface area contributed by atoms with E-state index >= 15 is 0 Å². The van der Waals surface area contributed by atoms with Gasteiger partial charge in [0.1, 0.15) is 11.6 Å². The van der Waals surface area contributed by atoms with Crippen LogP contribution in [-0.2, 0) is 12.2 Å². The highest BCUT2D eigenvalue weighted by atomic mass is 32.2. The second-order valence-electron chi connectivity index (χ2n) is 6.34. The highest BCUT2D eigenvalue weighted by Crippen LogP contribution is 2.16. The van der Waals surface area contributed by atoms with Gasteiger partial charge in [-0.25, -0.2) is 9.97 Å². The van der Waals surface area contributed by atoms with Crippen LogP contribution in [0.4, 0.5) is 5.82 Å². The summed E-state index contributed by atoms with van der Waals surface area (Å²) in [6.07, 6.45) is 2.46. The molecule has 3 rings (SSSR count). The monoisotopic (exact) mass is 380 g/mol. The summed E-state index contributed by atoms with van der Waals surface area (Å²) >= 11 is 1.90. The summed E-state index contributed by atoms with van der Waals surface area (Å²) in [5.41, 5.74) is 4.09. The number of rotatable bonds is 8. The number of anilines is 1. The van der Waals surface area contributed by atoms with Crippen molar-refractivity contribution >= 4 is 17.6 Å². The number of aryl methyl sites for hydroxylation is 2. The van der Waals surface area contributed by atoms with Crippen molar-refractivity contribution < 1.29 is 0 Å². The summed E-state index contributed by atoms with van der Waals surface area (Å²) in [6.45, 7) is 4.93. The van der Waals surface area contributed by atoms with Gasteiger partial charge in [-0.2, -0.15) is 11.8 Å². The van der Waals surface area contributed by atoms with E-state index in [0.29, 0.717) is 5.82 Å². The van der Waals surface area contributed by atoms with Crippen molar-refractivity contribution in [1.82, 2.24) is 15.0 Å². The lowest BCUT2D eigenvalue weighted by Gasteiger charge is -2.07. The molecule has 0 unspecified atom stereocenters. The molecule has 0 saturated heterocycles. The van der Waals surface area contributed by atoms with Gasteiger partial charge in [-0.05, 0) is 31.0 Å². The highest BCUT2D eigenvalue weighted by Gasteiger charge is 2.04. The van der Waals surface area contributed by atoms with Crippen LogP contribution in [0.3, 0.4) is 0 Å². The number of hydrogen-bond donors (Lipinski definition) is 2. The van der Waals surface area contributed by atoms with E-state index in [1.165, 1.54) is 17.2 Å². The lowest BCUT2D eigenvalue weighted by atomic mass is 10.2. The van der Waals surface area contributed by atoms with Gasteiger partial charge >= 0.3 is 0 Å². The Bertz CT molecular complexity index is 920. The van der Waals surface area contributed by atoms with Gasteiger partial charge in [0.05, 0.1) is 0 Å². The number of aromatic amines is 1. The molecule has 3 aromatic rings. The molecule has 0 aliphatic carbocycles. The number of nitrogens with one attached hydrogen (secondary N) is 2. The number of aromatic nitrogens is 3. The van der Waals surface area contributed by atoms with Crippen LogP contribution in [0, 0.1) is 6.92 Å². The zero-order valence-electron chi connectivity index (χ0n) is 15.7. The van der Waals surface area contributed by atoms with Crippen molar-refractivity contribution in [2.45, 2.75) is 26.0 Å². The van der Waals surface area contributed by atoms with E-state index in [1.54, 1.807) is 6.20 Å². The van der Waals surface area contributed by atoms with Crippen molar-refractivity contribution in [3.05, 3.63) is 75.8 Å². The van der Waals surface area contributed by atoms with Crippen LogP contribution in [0.5, 0.6) is 0 Å². The Morgan fingerprint density at radius 3 is 2.67 bits per heavy atom. The van der Waals surface area contributed by atoms with Gasteiger partial charge in [-0.1, -0.05) is 36.8 Å². The third-order valence-electron chi connectivity index (χ3n) is 4.14. The third-order valence-corrected chi connectivity index (χ3v) is 5.17. The molecule has 2 heterocycles. The maximum absolute atomic E-state index is 11.7. The van der Waals surface area contributed by atoms with Crippen LogP contribution in [0.25, 0.3) is 11.4 Å². The molecule has 0 fully saturated rings. The van der Waals surface area contributed by atoms with Gasteiger partial charge in [0.25, 0.3) is 5.56 Å². The number of nitrogens with zero attached hydrogens (tertiary/aromatic N) is 2. The summed E-state index contributed by atoms with van der Waals surface area (Å²) in [6, 6.07) is 14.0. The molecule has 140 valence electrons. The van der Waals surface area contributed by atoms with E-state index in [4.69, 9.17) is 0 Å². The van der Waals surface area contributed by atoms with Crippen molar-refractivity contribution in [1.29, 1.82) is 0 Å². The predicted octanol–water partition coefficient (Wildman–Crippen LogP) is 4.05. The fourth-order valence-corrected chi connectivity index (χ4v) is 3.41. The van der Waals surface area contributed by atoms with Gasteiger partial charge in [0, 0.05) is 41.6 Å². The topological polar surface area (TPSA) is 70.7 Å². The van der Waals surface area contributed by atoms with E-state index in [2.05, 4.69) is 51.5 Å². The third kappa shape index (κ3) is 5.69. The Balaban J connectivity index is 1.48. The van der Waals surface area contributed by atoms with E-state index in [9.17, 15) is 4.79 Å². The molecule has 2 N–H and O–H groups in total. The van der Waals surface area contributed by atoms with Gasteiger partial charge in [0.15, 0.2) is 0 Å². The van der Waals surface area contributed by atoms with E-state index in [1.807, 2.05) is 30.8 Å². The number of H-pyrrole nitrogens is 1. The average molecular weight is 381 g/mol. The first kappa shape index (κ1) is 19.2. The summed E-state index contributed by atoms with van der Waals surface area (Å²) in [5, 5.41) is 3.33. The molecule has 0 aliphatic heterocycles. The molecule has 2 aromatic heterocycles. The normalized spacial score (nSPS) is 10.7. The van der Waals surface area contributed by atoms with E-state index in [-0.39, 0.29) is 5.56 Å². The molecular weight excluding hydrogens is 356 g/mol. The minimum absolute atomic E-state index is 0.135. The van der Waals surface area contributed by atoms with Gasteiger partial charge < -0.3 is 10.3 Å². The van der Waals surface area contributed by atoms with Crippen molar-refractivity contribution in [2.24, 2.45) is 0 Å². The summed E-state index contributed by atoms with van der Waals surface area (Å²) in [5.74, 6) is 3.40. The zero-order valence-corrected chi connectivity index (χ0v) is 16.5. The molecular formula is C21H24N4OS. The Hall–Kier alpha value is -2.60. The first-order chi connectivity index (χ1) is 13.1. The zero-order chi connectivity index (χ0) is 19.1. The standard InChI is InChI=1S/C21H24N4OS/c1-3-18-12-20(26)25-21(24-18)17-8-9-19(23-13-17)22-10-11-27-14-16-6-4-15(2)5-7-16/h4-9,12-13H,3,10-11,14H2,1-2H3,(H,22,23)(H,24,25,26). The molecule has 0 aliphatic rings. The van der Waals surface area contributed by atoms with Crippen molar-refractivity contribution in [2.75, 3.05) is 17.6 Å². The molecule has 27 heavy (non-hydrogen) atoms. The molecule has 1 aromatic carbocycles. The maximum Gasteiger partial charge on any atom is 0.251 e. The lowest BCUT2D eigenvalue weighted by Crippen LogP contribution is -2.10. The Labute approximate surface area is 163 Å². The minimum atomic E-state index is -0.135. The quantitative estimate of drug-likeness (QED) is 0.577. The van der Waals surface area contributed by atoms with Gasteiger partial charge in [0.2, 0.25) is 0 Å². The Morgan fingerprint density at radius 2 is 1.96 bits per heavy atom. The number of pyridine rings is 1. The maximum atomic E-state index is 11.7. The second-order valence-corrected chi connectivity index (χ2v) is 7.44. The average Bonchev–Trinajstić information content (AvgIpc) is 2.69. The molecule has 0 atom stereocenters. The summed E-state index contributed by atoms with van der Waals surface area (Å²) in [4.78, 5) is 23.3. The number of benzene rings is 1. The van der Waals surface area contributed by atoms with Crippen LogP contribution in [0.2, 0.25) is 0 Å². The van der Waals surface area contributed by atoms with Gasteiger partial charge in [-0.15, -0.1) is 0 Å². The summed E-state index contributed by atoms with van der Waals surface area (Å²) < 4.78 is 0. The first-order valence-electron chi connectivity index (χ1n) is 9.08. The summed E-state index contributed by atoms with van der Waals surface area (Å²) in [7, 11) is 0. The molecule has 0 saturated carbocycles. The number of thioether (sulfide) groups is 1. The SMILES string of the molecule is CCc1cc(=O)[nH]c(-c2ccc(NCCSCc3ccc(C)cc3)nc2)n1. The van der Waals surface area contributed by atoms with Crippen LogP contribution in [0.1, 0.15) is 23.7 Å².